The summed E-state index contributed by atoms with van der Waals surface area (Å²) in [5, 5.41) is 0. The fourth-order valence-corrected chi connectivity index (χ4v) is 4.83. The van der Waals surface area contributed by atoms with E-state index in [1.807, 2.05) is 104 Å². The molecule has 11 nitrogen and oxygen atoms in total. The number of pyridine rings is 1. The van der Waals surface area contributed by atoms with E-state index in [2.05, 4.69) is 0 Å². The van der Waals surface area contributed by atoms with Gasteiger partial charge in [-0.05, 0) is 75.2 Å². The van der Waals surface area contributed by atoms with Crippen LogP contribution >= 0.6 is 0 Å². The van der Waals surface area contributed by atoms with Gasteiger partial charge >= 0.3 is 11.9 Å². The predicted molar refractivity (Wildman–Crippen MR) is 186 cm³/mol. The minimum atomic E-state index is -0.617. The van der Waals surface area contributed by atoms with Gasteiger partial charge in [0.2, 0.25) is 0 Å². The topological polar surface area (TPSA) is 109 Å². The van der Waals surface area contributed by atoms with Gasteiger partial charge in [0.05, 0.1) is 26.3 Å². The third-order valence-electron chi connectivity index (χ3n) is 7.42. The zero-order chi connectivity index (χ0) is 34.7. The average molecular weight is 666 g/mol. The highest BCUT2D eigenvalue weighted by Crippen LogP contribution is 2.19. The van der Waals surface area contributed by atoms with Crippen molar-refractivity contribution in [2.45, 2.75) is 52.7 Å². The average Bonchev–Trinajstić information content (AvgIpc) is 3.09. The van der Waals surface area contributed by atoms with Crippen LogP contribution in [0.5, 0.6) is 11.5 Å². The van der Waals surface area contributed by atoms with Crippen molar-refractivity contribution in [2.75, 3.05) is 76.6 Å². The van der Waals surface area contributed by atoms with Crippen LogP contribution in [0.25, 0.3) is 0 Å². The summed E-state index contributed by atoms with van der Waals surface area (Å²) in [6.45, 7) is 11.1. The van der Waals surface area contributed by atoms with Crippen molar-refractivity contribution in [1.82, 2.24) is 4.98 Å². The number of benzene rings is 2. The van der Waals surface area contributed by atoms with E-state index >= 15 is 0 Å². The van der Waals surface area contributed by atoms with Crippen LogP contribution in [0.1, 0.15) is 38.8 Å². The number of carbonyl (C=O) groups excluding carboxylic acids is 2. The quantitative estimate of drug-likeness (QED) is 0.133. The molecule has 48 heavy (non-hydrogen) atoms. The summed E-state index contributed by atoms with van der Waals surface area (Å²) >= 11 is 0. The second-order valence-corrected chi connectivity index (χ2v) is 11.0. The molecule has 0 radical (unpaired) electrons. The van der Waals surface area contributed by atoms with Crippen LogP contribution in [0.2, 0.25) is 0 Å². The lowest BCUT2D eigenvalue weighted by Gasteiger charge is -2.22. The molecule has 2 atom stereocenters. The van der Waals surface area contributed by atoms with Crippen molar-refractivity contribution in [3.05, 3.63) is 77.9 Å². The van der Waals surface area contributed by atoms with Crippen LogP contribution < -0.4 is 19.3 Å². The zero-order valence-corrected chi connectivity index (χ0v) is 29.2. The lowest BCUT2D eigenvalue weighted by molar-refractivity contribution is -0.157. The van der Waals surface area contributed by atoms with Gasteiger partial charge in [0.25, 0.3) is 0 Å². The Bertz CT molecular complexity index is 1270. The molecule has 0 saturated carbocycles. The number of esters is 2. The van der Waals surface area contributed by atoms with Gasteiger partial charge in [-0.2, -0.15) is 0 Å². The van der Waals surface area contributed by atoms with E-state index in [1.54, 1.807) is 13.8 Å². The number of rotatable bonds is 22. The highest BCUT2D eigenvalue weighted by atomic mass is 16.6. The Morgan fingerprint density at radius 1 is 0.604 bits per heavy atom. The van der Waals surface area contributed by atoms with Gasteiger partial charge in [-0.1, -0.05) is 30.3 Å². The first kappa shape index (κ1) is 38.1. The maximum Gasteiger partial charge on any atom is 0.335 e. The van der Waals surface area contributed by atoms with Crippen LogP contribution in [0, 0.1) is 0 Å². The molecular formula is C37H51N3O8. The highest BCUT2D eigenvalue weighted by molar-refractivity contribution is 5.75. The van der Waals surface area contributed by atoms with E-state index in [4.69, 9.17) is 33.4 Å². The second-order valence-electron chi connectivity index (χ2n) is 11.0. The molecule has 2 aromatic carbocycles. The largest absolute Gasteiger partial charge is 0.492 e. The van der Waals surface area contributed by atoms with Gasteiger partial charge in [-0.25, -0.2) is 14.6 Å². The number of hydrogen-bond donors (Lipinski definition) is 0. The standard InChI is InChI=1S/C37H51N3O8/c1-7-43-32(36(41)45-9-3)26-28-14-18-30(19-15-28)47-24-22-39(5)34-12-11-13-35(38-34)40(6)23-25-48-31-20-16-29(17-21-31)27-33(44-8-2)37(42)46-10-4/h11-21,32-33H,7-10,22-27H2,1-6H3. The molecule has 11 heteroatoms. The van der Waals surface area contributed by atoms with Gasteiger partial charge in [0.15, 0.2) is 12.2 Å². The van der Waals surface area contributed by atoms with Crippen LogP contribution in [-0.2, 0) is 41.4 Å². The predicted octanol–water partition coefficient (Wildman–Crippen LogP) is 5.13. The number of nitrogens with zero attached hydrogens (tertiary/aromatic N) is 3. The van der Waals surface area contributed by atoms with Crippen molar-refractivity contribution >= 4 is 23.6 Å². The third-order valence-corrected chi connectivity index (χ3v) is 7.42. The molecular weight excluding hydrogens is 614 g/mol. The Hall–Kier alpha value is -4.35. The van der Waals surface area contributed by atoms with Crippen molar-refractivity contribution in [1.29, 1.82) is 0 Å². The Balaban J connectivity index is 1.43. The molecule has 0 aliphatic rings. The summed E-state index contributed by atoms with van der Waals surface area (Å²) in [4.78, 5) is 33.2. The monoisotopic (exact) mass is 665 g/mol. The first-order valence-electron chi connectivity index (χ1n) is 16.7. The summed E-state index contributed by atoms with van der Waals surface area (Å²) in [7, 11) is 3.97. The number of hydrogen-bond acceptors (Lipinski definition) is 11. The Morgan fingerprint density at radius 3 is 1.35 bits per heavy atom. The normalized spacial score (nSPS) is 12.1. The number of likely N-dealkylation sites (N-methyl/N-ethyl adjacent to an activating group) is 2. The summed E-state index contributed by atoms with van der Waals surface area (Å²) in [5.74, 6) is 2.48. The maximum absolute atomic E-state index is 12.2. The van der Waals surface area contributed by atoms with E-state index in [9.17, 15) is 9.59 Å². The second kappa shape index (κ2) is 20.8. The first-order valence-corrected chi connectivity index (χ1v) is 16.7. The summed E-state index contributed by atoms with van der Waals surface area (Å²) in [6.07, 6.45) is -0.343. The summed E-state index contributed by atoms with van der Waals surface area (Å²) in [6, 6.07) is 21.3. The third kappa shape index (κ3) is 12.7. The van der Waals surface area contributed by atoms with Crippen LogP contribution in [-0.4, -0.2) is 96.0 Å². The highest BCUT2D eigenvalue weighted by Gasteiger charge is 2.21. The maximum atomic E-state index is 12.2. The van der Waals surface area contributed by atoms with E-state index in [-0.39, 0.29) is 11.9 Å². The van der Waals surface area contributed by atoms with E-state index in [0.717, 1.165) is 34.3 Å². The lowest BCUT2D eigenvalue weighted by atomic mass is 10.1. The Labute approximate surface area is 285 Å². The first-order chi connectivity index (χ1) is 23.3. The molecule has 0 fully saturated rings. The summed E-state index contributed by atoms with van der Waals surface area (Å²) < 4.78 is 33.4. The molecule has 2 unspecified atom stereocenters. The molecule has 3 aromatic rings. The Morgan fingerprint density at radius 2 is 1.00 bits per heavy atom. The zero-order valence-electron chi connectivity index (χ0n) is 29.2. The molecule has 0 aliphatic heterocycles. The van der Waals surface area contributed by atoms with Gasteiger partial charge in [-0.3, -0.25) is 0 Å². The minimum absolute atomic E-state index is 0.324. The van der Waals surface area contributed by atoms with Gasteiger partial charge in [0.1, 0.15) is 36.3 Å². The van der Waals surface area contributed by atoms with Crippen molar-refractivity contribution in [2.24, 2.45) is 0 Å². The number of carbonyl (C=O) groups is 2. The number of aromatic nitrogens is 1. The molecule has 0 amide bonds. The minimum Gasteiger partial charge on any atom is -0.492 e. The fraction of sp³-hybridized carbons (Fsp3) is 0.486. The molecule has 0 saturated heterocycles. The molecule has 0 aliphatic carbocycles. The molecule has 0 spiro atoms. The molecule has 1 heterocycles. The van der Waals surface area contributed by atoms with E-state index in [0.29, 0.717) is 65.6 Å². The van der Waals surface area contributed by atoms with Crippen molar-refractivity contribution < 1.29 is 38.0 Å². The fourth-order valence-electron chi connectivity index (χ4n) is 4.83. The van der Waals surface area contributed by atoms with Crippen molar-refractivity contribution in [3.8, 4) is 11.5 Å². The van der Waals surface area contributed by atoms with Crippen molar-refractivity contribution in [3.63, 3.8) is 0 Å². The van der Waals surface area contributed by atoms with Crippen LogP contribution in [0.15, 0.2) is 66.7 Å². The Kier molecular flexibility index (Phi) is 16.5. The molecule has 1 aromatic heterocycles. The molecule has 3 rings (SSSR count). The smallest absolute Gasteiger partial charge is 0.335 e. The van der Waals surface area contributed by atoms with Gasteiger partial charge < -0.3 is 38.2 Å². The molecule has 262 valence electrons. The number of anilines is 2. The van der Waals surface area contributed by atoms with E-state index in [1.165, 1.54) is 0 Å². The van der Waals surface area contributed by atoms with Crippen LogP contribution in [0.4, 0.5) is 11.6 Å². The number of ether oxygens (including phenoxy) is 6. The molecule has 0 N–H and O–H groups in total. The lowest BCUT2D eigenvalue weighted by Crippen LogP contribution is -2.29. The van der Waals surface area contributed by atoms with Crippen LogP contribution in [0.3, 0.4) is 0 Å². The van der Waals surface area contributed by atoms with E-state index < -0.39 is 12.2 Å². The van der Waals surface area contributed by atoms with Gasteiger partial charge in [-0.15, -0.1) is 0 Å². The van der Waals surface area contributed by atoms with Gasteiger partial charge in [0, 0.05) is 40.2 Å². The molecule has 0 bridgehead atoms. The SMILES string of the molecule is CCOC(=O)C(Cc1ccc(OCCN(C)c2cccc(N(C)CCOc3ccc(CC(OCC)C(=O)OCC)cc3)n2)cc1)OCC. The summed E-state index contributed by atoms with van der Waals surface area (Å²) in [5.41, 5.74) is 1.94.